The normalized spacial score (nSPS) is 19.9. The number of hydrogen-bond donors (Lipinski definition) is 2. The van der Waals surface area contributed by atoms with Gasteiger partial charge in [0.25, 0.3) is 11.7 Å². The summed E-state index contributed by atoms with van der Waals surface area (Å²) < 4.78 is 0. The summed E-state index contributed by atoms with van der Waals surface area (Å²) in [5.74, 6) is -0.381. The van der Waals surface area contributed by atoms with Crippen molar-refractivity contribution in [2.24, 2.45) is 5.41 Å². The maximum atomic E-state index is 12.8. The third kappa shape index (κ3) is 4.46. The molecule has 0 atom stereocenters. The van der Waals surface area contributed by atoms with Crippen LogP contribution in [0.2, 0.25) is 0 Å². The number of nitriles is 1. The first-order valence-corrected chi connectivity index (χ1v) is 12.1. The number of amides is 3. The standard InChI is InChI=1S/C25H30N8O2/c1-31-15-18(16-32(2)24(31)35)17-5-6-19(27-23(34)22-28-21(14-26)29-30-22)20(13-17)33-11-9-25(10-12-33)7-3-4-8-25/h5-6,9,11,13,18H,3-4,7-8,10,12,15-16H2,1-2H3,(H,27,34)(H,28,29,30). The van der Waals surface area contributed by atoms with Crippen LogP contribution in [-0.4, -0.2) is 70.6 Å². The third-order valence-electron chi connectivity index (χ3n) is 7.55. The van der Waals surface area contributed by atoms with E-state index in [1.165, 1.54) is 25.7 Å². The number of rotatable bonds is 4. The molecule has 3 amide bonds. The van der Waals surface area contributed by atoms with Gasteiger partial charge >= 0.3 is 6.03 Å². The molecule has 5 rings (SSSR count). The molecule has 3 aliphatic rings. The number of anilines is 2. The number of urea groups is 1. The van der Waals surface area contributed by atoms with Gasteiger partial charge in [0.2, 0.25) is 5.82 Å². The summed E-state index contributed by atoms with van der Waals surface area (Å²) >= 11 is 0. The Hall–Kier alpha value is -3.87. The van der Waals surface area contributed by atoms with E-state index >= 15 is 0 Å². The van der Waals surface area contributed by atoms with Gasteiger partial charge in [-0.15, -0.1) is 5.10 Å². The molecule has 1 saturated heterocycles. The highest BCUT2D eigenvalue weighted by atomic mass is 16.2. The average Bonchev–Trinajstić information content (AvgIpc) is 3.53. The van der Waals surface area contributed by atoms with Crippen molar-refractivity contribution in [3.05, 3.63) is 47.7 Å². The van der Waals surface area contributed by atoms with Crippen LogP contribution in [0.15, 0.2) is 30.5 Å². The summed E-state index contributed by atoms with van der Waals surface area (Å²) in [6.45, 7) is 2.15. The van der Waals surface area contributed by atoms with Crippen molar-refractivity contribution in [2.75, 3.05) is 43.9 Å². The van der Waals surface area contributed by atoms with Crippen LogP contribution in [-0.2, 0) is 0 Å². The Labute approximate surface area is 204 Å². The Morgan fingerprint density at radius 2 is 1.94 bits per heavy atom. The van der Waals surface area contributed by atoms with Crippen molar-refractivity contribution >= 4 is 23.3 Å². The number of aromatic nitrogens is 3. The summed E-state index contributed by atoms with van der Waals surface area (Å²) in [5.41, 5.74) is 2.99. The predicted molar refractivity (Wildman–Crippen MR) is 131 cm³/mol. The Morgan fingerprint density at radius 3 is 2.57 bits per heavy atom. The second kappa shape index (κ2) is 9.06. The number of nitrogens with one attached hydrogen (secondary N) is 2. The molecule has 2 fully saturated rings. The van der Waals surface area contributed by atoms with E-state index in [4.69, 9.17) is 5.26 Å². The van der Waals surface area contributed by atoms with E-state index in [1.54, 1.807) is 9.80 Å². The maximum Gasteiger partial charge on any atom is 0.319 e. The minimum absolute atomic E-state index is 0.00952. The van der Waals surface area contributed by atoms with E-state index in [9.17, 15) is 9.59 Å². The number of nitrogens with zero attached hydrogens (tertiary/aromatic N) is 6. The predicted octanol–water partition coefficient (Wildman–Crippen LogP) is 3.29. The number of hydrogen-bond acceptors (Lipinski definition) is 6. The molecule has 1 aromatic heterocycles. The van der Waals surface area contributed by atoms with Crippen molar-refractivity contribution in [3.63, 3.8) is 0 Å². The molecular formula is C25H30N8O2. The van der Waals surface area contributed by atoms with Gasteiger partial charge in [-0.2, -0.15) is 10.2 Å². The summed E-state index contributed by atoms with van der Waals surface area (Å²) in [6, 6.07) is 7.89. The van der Waals surface area contributed by atoms with E-state index in [0.29, 0.717) is 24.2 Å². The number of aromatic amines is 1. The molecule has 1 aromatic carbocycles. The zero-order valence-electron chi connectivity index (χ0n) is 20.1. The zero-order chi connectivity index (χ0) is 24.6. The highest BCUT2D eigenvalue weighted by Crippen LogP contribution is 2.45. The molecule has 3 heterocycles. The second-order valence-corrected chi connectivity index (χ2v) is 9.92. The Balaban J connectivity index is 1.45. The molecule has 35 heavy (non-hydrogen) atoms. The van der Waals surface area contributed by atoms with Crippen molar-refractivity contribution in [1.82, 2.24) is 25.0 Å². The van der Waals surface area contributed by atoms with Crippen LogP contribution < -0.4 is 10.2 Å². The van der Waals surface area contributed by atoms with Crippen LogP contribution >= 0.6 is 0 Å². The van der Waals surface area contributed by atoms with Crippen molar-refractivity contribution < 1.29 is 9.59 Å². The van der Waals surface area contributed by atoms with Gasteiger partial charge in [-0.05, 0) is 42.4 Å². The molecule has 1 spiro atoms. The molecule has 182 valence electrons. The lowest BCUT2D eigenvalue weighted by molar-refractivity contribution is 0.101. The molecule has 0 bridgehead atoms. The van der Waals surface area contributed by atoms with Gasteiger partial charge in [-0.3, -0.25) is 9.89 Å². The third-order valence-corrected chi connectivity index (χ3v) is 7.55. The minimum Gasteiger partial charge on any atom is -0.347 e. The summed E-state index contributed by atoms with van der Waals surface area (Å²) in [7, 11) is 3.64. The average molecular weight is 475 g/mol. The number of carbonyl (C=O) groups is 2. The van der Waals surface area contributed by atoms with Crippen LogP contribution in [0.1, 0.15) is 60.0 Å². The topological polar surface area (TPSA) is 121 Å². The summed E-state index contributed by atoms with van der Waals surface area (Å²) in [4.78, 5) is 34.7. The first-order valence-electron chi connectivity index (χ1n) is 12.1. The first kappa shape index (κ1) is 22.9. The minimum atomic E-state index is -0.455. The van der Waals surface area contributed by atoms with Crippen LogP contribution in [0.4, 0.5) is 16.2 Å². The largest absolute Gasteiger partial charge is 0.347 e. The highest BCUT2D eigenvalue weighted by molar-refractivity contribution is 6.03. The summed E-state index contributed by atoms with van der Waals surface area (Å²) in [5, 5.41) is 18.2. The molecule has 2 N–H and O–H groups in total. The molecule has 2 aromatic rings. The van der Waals surface area contributed by atoms with Crippen molar-refractivity contribution in [2.45, 2.75) is 38.0 Å². The SMILES string of the molecule is CN1CC(c2ccc(NC(=O)c3nc(C#N)n[nH]3)c(N3C=CC4(CCCC4)CC3)c2)CN(C)C1=O. The fourth-order valence-electron chi connectivity index (χ4n) is 5.56. The molecular weight excluding hydrogens is 444 g/mol. The zero-order valence-corrected chi connectivity index (χ0v) is 20.1. The van der Waals surface area contributed by atoms with Gasteiger partial charge in [-0.1, -0.05) is 25.0 Å². The number of H-pyrrole nitrogens is 1. The number of allylic oxidation sites excluding steroid dienone is 1. The molecule has 0 radical (unpaired) electrons. The van der Waals surface area contributed by atoms with Gasteiger partial charge in [-0.25, -0.2) is 4.79 Å². The van der Waals surface area contributed by atoms with Gasteiger partial charge < -0.3 is 20.0 Å². The lowest BCUT2D eigenvalue weighted by Crippen LogP contribution is -2.48. The quantitative estimate of drug-likeness (QED) is 0.701. The fourth-order valence-corrected chi connectivity index (χ4v) is 5.56. The Kier molecular flexibility index (Phi) is 5.93. The highest BCUT2D eigenvalue weighted by Gasteiger charge is 2.35. The number of carbonyl (C=O) groups excluding carboxylic acids is 2. The van der Waals surface area contributed by atoms with E-state index in [0.717, 1.165) is 24.2 Å². The smallest absolute Gasteiger partial charge is 0.319 e. The Bertz CT molecular complexity index is 1190. The molecule has 10 nitrogen and oxygen atoms in total. The van der Waals surface area contributed by atoms with E-state index in [-0.39, 0.29) is 23.6 Å². The Morgan fingerprint density at radius 1 is 1.20 bits per heavy atom. The summed E-state index contributed by atoms with van der Waals surface area (Å²) in [6.07, 6.45) is 10.6. The van der Waals surface area contributed by atoms with Gasteiger partial charge in [0.15, 0.2) is 0 Å². The first-order chi connectivity index (χ1) is 16.9. The lowest BCUT2D eigenvalue weighted by Gasteiger charge is -2.38. The number of likely N-dealkylation sites (N-methyl/N-ethyl adjacent to an activating group) is 2. The lowest BCUT2D eigenvalue weighted by atomic mass is 9.81. The van der Waals surface area contributed by atoms with E-state index < -0.39 is 5.91 Å². The second-order valence-electron chi connectivity index (χ2n) is 9.92. The molecule has 2 aliphatic heterocycles. The van der Waals surface area contributed by atoms with Crippen molar-refractivity contribution in [1.29, 1.82) is 5.26 Å². The van der Waals surface area contributed by atoms with Crippen molar-refractivity contribution in [3.8, 4) is 6.07 Å². The fraction of sp³-hybridized carbons (Fsp3) is 0.480. The van der Waals surface area contributed by atoms with Gasteiger partial charge in [0.1, 0.15) is 6.07 Å². The van der Waals surface area contributed by atoms with Gasteiger partial charge in [0, 0.05) is 45.8 Å². The van der Waals surface area contributed by atoms with Crippen LogP contribution in [0.5, 0.6) is 0 Å². The molecule has 10 heteroatoms. The monoisotopic (exact) mass is 474 g/mol. The van der Waals surface area contributed by atoms with Gasteiger partial charge in [0.05, 0.1) is 11.4 Å². The molecule has 0 unspecified atom stereocenters. The van der Waals surface area contributed by atoms with E-state index in [2.05, 4.69) is 43.7 Å². The van der Waals surface area contributed by atoms with Crippen LogP contribution in [0.3, 0.4) is 0 Å². The number of benzene rings is 1. The molecule has 1 saturated carbocycles. The van der Waals surface area contributed by atoms with Crippen LogP contribution in [0, 0.1) is 16.7 Å². The van der Waals surface area contributed by atoms with E-state index in [1.807, 2.05) is 32.3 Å². The van der Waals surface area contributed by atoms with Crippen LogP contribution in [0.25, 0.3) is 0 Å². The molecule has 1 aliphatic carbocycles. The maximum absolute atomic E-state index is 12.8.